The van der Waals surface area contributed by atoms with Crippen molar-refractivity contribution in [2.75, 3.05) is 13.1 Å². The van der Waals surface area contributed by atoms with E-state index in [1.54, 1.807) is 0 Å². The molecule has 0 saturated heterocycles. The van der Waals surface area contributed by atoms with E-state index >= 15 is 0 Å². The Kier molecular flexibility index (Phi) is 23.1. The molecule has 1 nitrogen and oxygen atoms in total. The summed E-state index contributed by atoms with van der Waals surface area (Å²) in [5.41, 5.74) is 0. The number of hydrogen-bond acceptors (Lipinski definition) is 1. The molecule has 86 valence electrons. The molecule has 0 aliphatic carbocycles. The van der Waals surface area contributed by atoms with Gasteiger partial charge in [0, 0.05) is 0 Å². The van der Waals surface area contributed by atoms with Crippen LogP contribution in [0.15, 0.2) is 0 Å². The van der Waals surface area contributed by atoms with E-state index in [4.69, 9.17) is 0 Å². The second-order valence-corrected chi connectivity index (χ2v) is 4.72. The first-order valence-corrected chi connectivity index (χ1v) is 7.95. The van der Waals surface area contributed by atoms with Gasteiger partial charge in [-0.05, 0) is 13.1 Å². The van der Waals surface area contributed by atoms with Crippen LogP contribution in [0, 0.1) is 0 Å². The average molecular weight is 215 g/mol. The topological polar surface area (TPSA) is 12.0 Å². The molecule has 1 N–H and O–H groups in total. The predicted molar refractivity (Wildman–Crippen MR) is 70.9 cm³/mol. The summed E-state index contributed by atoms with van der Waals surface area (Å²) in [6.45, 7) is 8.66. The van der Waals surface area contributed by atoms with Crippen molar-refractivity contribution in [3.05, 3.63) is 0 Å². The molecule has 0 saturated carbocycles. The third kappa shape index (κ3) is 22.9. The molecule has 0 spiro atoms. The third-order valence-corrected chi connectivity index (χ3v) is 2.91. The van der Waals surface area contributed by atoms with Crippen LogP contribution in [0.4, 0.5) is 0 Å². The molecule has 0 aliphatic rings. The zero-order valence-electron chi connectivity index (χ0n) is 10.9. The van der Waals surface area contributed by atoms with Gasteiger partial charge in [-0.25, -0.2) is 0 Å². The molecule has 0 unspecified atom stereocenters. The van der Waals surface area contributed by atoms with Crippen molar-refractivity contribution >= 4 is 16.3 Å². The molecule has 0 bridgehead atoms. The molecule has 0 aliphatic heterocycles. The van der Waals surface area contributed by atoms with Crippen molar-refractivity contribution < 1.29 is 0 Å². The Morgan fingerprint density at radius 2 is 1.29 bits per heavy atom. The number of nitrogens with one attached hydrogen (secondary N) is 1. The van der Waals surface area contributed by atoms with Gasteiger partial charge in [0.1, 0.15) is 0 Å². The van der Waals surface area contributed by atoms with Gasteiger partial charge < -0.3 is 5.32 Å². The second kappa shape index (κ2) is 19.1. The van der Waals surface area contributed by atoms with Crippen LogP contribution < -0.4 is 5.32 Å². The van der Waals surface area contributed by atoms with Crippen molar-refractivity contribution in [1.82, 2.24) is 5.32 Å². The van der Waals surface area contributed by atoms with Crippen molar-refractivity contribution in [1.29, 1.82) is 0 Å². The molecule has 0 aromatic rings. The smallest absolute Gasteiger partial charge is 0.211 e. The lowest BCUT2D eigenvalue weighted by Gasteiger charge is -1.96. The highest BCUT2D eigenvalue weighted by molar-refractivity contribution is 6.08. The summed E-state index contributed by atoms with van der Waals surface area (Å²) in [6.07, 6.45) is 8.76. The summed E-state index contributed by atoms with van der Waals surface area (Å²) in [5, 5.41) is 4.62. The summed E-state index contributed by atoms with van der Waals surface area (Å²) in [7, 11) is 0. The zero-order chi connectivity index (χ0) is 11.1. The first kappa shape index (κ1) is 16.9. The van der Waals surface area contributed by atoms with Gasteiger partial charge in [-0.2, -0.15) is 0 Å². The van der Waals surface area contributed by atoms with Gasteiger partial charge >= 0.3 is 0 Å². The van der Waals surface area contributed by atoms with E-state index in [0.29, 0.717) is 0 Å². The van der Waals surface area contributed by atoms with E-state index in [0.717, 1.165) is 13.1 Å². The number of unbranched alkanes of at least 4 members (excludes halogenated alkanes) is 5. The van der Waals surface area contributed by atoms with Gasteiger partial charge in [-0.1, -0.05) is 59.3 Å². The fourth-order valence-corrected chi connectivity index (χ4v) is 1.78. The van der Waals surface area contributed by atoms with Crippen LogP contribution in [-0.4, -0.2) is 29.4 Å². The quantitative estimate of drug-likeness (QED) is 0.485. The Bertz CT molecular complexity index is 68.7. The van der Waals surface area contributed by atoms with E-state index in [1.807, 2.05) is 0 Å². The van der Waals surface area contributed by atoms with Crippen LogP contribution in [0.3, 0.4) is 0 Å². The molecule has 0 fully saturated rings. The maximum Gasteiger partial charge on any atom is 0.211 e. The largest absolute Gasteiger partial charge is 0.317 e. The second-order valence-electron chi connectivity index (χ2n) is 3.72. The molecule has 2 heteroatoms. The third-order valence-electron chi connectivity index (χ3n) is 2.21. The van der Waals surface area contributed by atoms with Crippen molar-refractivity contribution in [2.45, 2.75) is 64.6 Å². The highest BCUT2D eigenvalue weighted by atomic mass is 27.0. The van der Waals surface area contributed by atoms with Crippen LogP contribution in [0.5, 0.6) is 0 Å². The Morgan fingerprint density at radius 1 is 0.786 bits per heavy atom. The molecule has 0 radical (unpaired) electrons. The molecule has 0 aromatic carbocycles. The predicted octanol–water partition coefficient (Wildman–Crippen LogP) is 3.01. The lowest BCUT2D eigenvalue weighted by Crippen LogP contribution is -2.09. The standard InChI is InChI=1S/C8H17.C4H11N.Al.2H/c1-3-5-7-8-6-4-2;1-3-5-4-2;;;/h1,3-8H2,2H3;5H,3-4H2,1-2H3;;;. The van der Waals surface area contributed by atoms with Crippen LogP contribution in [-0.2, 0) is 0 Å². The fourth-order valence-electron chi connectivity index (χ4n) is 1.28. The molecule has 0 rings (SSSR count). The van der Waals surface area contributed by atoms with Crippen LogP contribution >= 0.6 is 0 Å². The molecular weight excluding hydrogens is 185 g/mol. The van der Waals surface area contributed by atoms with Crippen LogP contribution in [0.1, 0.15) is 59.3 Å². The van der Waals surface area contributed by atoms with Crippen molar-refractivity contribution in [2.24, 2.45) is 0 Å². The van der Waals surface area contributed by atoms with Gasteiger partial charge in [-0.3, -0.25) is 0 Å². The number of hydrogen-bond donors (Lipinski definition) is 1. The SMILES string of the molecule is CCCCCCC[CH2][AlH2].CCNCC. The van der Waals surface area contributed by atoms with Gasteiger partial charge in [0.05, 0.1) is 0 Å². The zero-order valence-corrected chi connectivity index (χ0v) is 12.9. The van der Waals surface area contributed by atoms with E-state index in [-0.39, 0.29) is 0 Å². The molecule has 0 aromatic heterocycles. The summed E-state index contributed by atoms with van der Waals surface area (Å²) in [5.74, 6) is 0. The normalized spacial score (nSPS) is 9.36. The minimum absolute atomic E-state index is 1.09. The Morgan fingerprint density at radius 3 is 1.64 bits per heavy atom. The summed E-state index contributed by atoms with van der Waals surface area (Å²) in [4.78, 5) is 0. The van der Waals surface area contributed by atoms with Crippen molar-refractivity contribution in [3.8, 4) is 0 Å². The van der Waals surface area contributed by atoms with Crippen molar-refractivity contribution in [3.63, 3.8) is 0 Å². The monoisotopic (exact) mass is 215 g/mol. The minimum Gasteiger partial charge on any atom is -0.317 e. The first-order chi connectivity index (χ1) is 6.83. The van der Waals surface area contributed by atoms with E-state index in [1.165, 1.54) is 60.1 Å². The van der Waals surface area contributed by atoms with Gasteiger partial charge in [0.25, 0.3) is 0 Å². The molecule has 14 heavy (non-hydrogen) atoms. The maximum absolute atomic E-state index is 3.11. The highest BCUT2D eigenvalue weighted by Gasteiger charge is 1.85. The van der Waals surface area contributed by atoms with E-state index in [2.05, 4.69) is 26.1 Å². The first-order valence-electron chi connectivity index (χ1n) is 6.54. The number of rotatable bonds is 8. The fraction of sp³-hybridized carbons (Fsp3) is 1.00. The Labute approximate surface area is 99.5 Å². The lowest BCUT2D eigenvalue weighted by atomic mass is 10.1. The van der Waals surface area contributed by atoms with Crippen LogP contribution in [0.25, 0.3) is 0 Å². The highest BCUT2D eigenvalue weighted by Crippen LogP contribution is 2.05. The average Bonchev–Trinajstić information content (AvgIpc) is 2.20. The van der Waals surface area contributed by atoms with Gasteiger partial charge in [0.15, 0.2) is 0 Å². The summed E-state index contributed by atoms with van der Waals surface area (Å²) >= 11 is 1.41. The Balaban J connectivity index is 0. The summed E-state index contributed by atoms with van der Waals surface area (Å²) in [6, 6.07) is 0. The van der Waals surface area contributed by atoms with Gasteiger partial charge in [0.2, 0.25) is 16.3 Å². The molecule has 0 atom stereocenters. The van der Waals surface area contributed by atoms with Crippen LogP contribution in [0.2, 0.25) is 5.28 Å². The van der Waals surface area contributed by atoms with Gasteiger partial charge in [-0.15, -0.1) is 5.28 Å². The Hall–Kier alpha value is 0.492. The molecule has 0 heterocycles. The molecule has 0 amide bonds. The minimum atomic E-state index is 1.09. The lowest BCUT2D eigenvalue weighted by molar-refractivity contribution is 0.624. The summed E-state index contributed by atoms with van der Waals surface area (Å²) < 4.78 is 0. The maximum atomic E-state index is 3.11. The molecular formula is C12H30AlN. The van der Waals surface area contributed by atoms with E-state index < -0.39 is 0 Å². The van der Waals surface area contributed by atoms with E-state index in [9.17, 15) is 0 Å².